The predicted octanol–water partition coefficient (Wildman–Crippen LogP) is 2.73. The van der Waals surface area contributed by atoms with Crippen LogP contribution >= 0.6 is 0 Å². The van der Waals surface area contributed by atoms with E-state index in [1.807, 2.05) is 20.8 Å². The highest BCUT2D eigenvalue weighted by Gasteiger charge is 2.16. The molecule has 1 fully saturated rings. The molecule has 158 valence electrons. The van der Waals surface area contributed by atoms with Gasteiger partial charge in [0, 0.05) is 31.8 Å². The lowest BCUT2D eigenvalue weighted by molar-refractivity contribution is 0.0375. The predicted molar refractivity (Wildman–Crippen MR) is 109 cm³/mol. The van der Waals surface area contributed by atoms with Crippen molar-refractivity contribution in [2.45, 2.75) is 27.2 Å². The van der Waals surface area contributed by atoms with Crippen LogP contribution in [0.4, 0.5) is 10.5 Å². The zero-order chi connectivity index (χ0) is 20.2. The van der Waals surface area contributed by atoms with Gasteiger partial charge in [-0.15, -0.1) is 0 Å². The summed E-state index contributed by atoms with van der Waals surface area (Å²) in [7, 11) is 0. The van der Waals surface area contributed by atoms with Crippen LogP contribution in [-0.4, -0.2) is 70.1 Å². The summed E-state index contributed by atoms with van der Waals surface area (Å²) in [6.45, 7) is 12.2. The highest BCUT2D eigenvalue weighted by molar-refractivity contribution is 5.90. The summed E-state index contributed by atoms with van der Waals surface area (Å²) in [5.74, 6) is 1.67. The van der Waals surface area contributed by atoms with E-state index in [9.17, 15) is 4.79 Å². The Labute approximate surface area is 167 Å². The zero-order valence-electron chi connectivity index (χ0n) is 17.2. The normalized spacial score (nSPS) is 14.4. The number of carbonyl (C=O) groups is 1. The first-order valence-corrected chi connectivity index (χ1v) is 10.1. The summed E-state index contributed by atoms with van der Waals surface area (Å²) in [6, 6.07) is 3.25. The van der Waals surface area contributed by atoms with Crippen LogP contribution in [0.2, 0.25) is 0 Å². The number of hydrogen-bond donors (Lipinski definition) is 2. The molecule has 28 heavy (non-hydrogen) atoms. The Hall–Kier alpha value is -2.19. The first-order valence-electron chi connectivity index (χ1n) is 10.1. The summed E-state index contributed by atoms with van der Waals surface area (Å²) >= 11 is 0. The van der Waals surface area contributed by atoms with Crippen LogP contribution in [0.25, 0.3) is 0 Å². The minimum atomic E-state index is -0.254. The van der Waals surface area contributed by atoms with Gasteiger partial charge in [-0.05, 0) is 33.7 Å². The molecule has 1 heterocycles. The van der Waals surface area contributed by atoms with Crippen molar-refractivity contribution in [2.24, 2.45) is 0 Å². The van der Waals surface area contributed by atoms with Crippen LogP contribution in [0.1, 0.15) is 27.2 Å². The monoisotopic (exact) mass is 395 g/mol. The number of nitrogens with one attached hydrogen (secondary N) is 2. The molecule has 0 spiro atoms. The Balaban J connectivity index is 1.90. The molecule has 2 rings (SSSR count). The second-order valence-electron chi connectivity index (χ2n) is 6.29. The van der Waals surface area contributed by atoms with Crippen LogP contribution in [0.5, 0.6) is 17.2 Å². The molecule has 0 radical (unpaired) electrons. The number of urea groups is 1. The quantitative estimate of drug-likeness (QED) is 0.561. The summed E-state index contributed by atoms with van der Waals surface area (Å²) < 4.78 is 22.4. The number of anilines is 1. The van der Waals surface area contributed by atoms with Crippen LogP contribution in [0.3, 0.4) is 0 Å². The molecule has 0 aliphatic carbocycles. The number of carbonyl (C=O) groups excluding carboxylic acids is 1. The Kier molecular flexibility index (Phi) is 9.71. The molecular weight excluding hydrogens is 362 g/mol. The van der Waals surface area contributed by atoms with Crippen LogP contribution in [0, 0.1) is 0 Å². The Morgan fingerprint density at radius 1 is 1.04 bits per heavy atom. The van der Waals surface area contributed by atoms with Gasteiger partial charge in [-0.3, -0.25) is 4.90 Å². The molecule has 1 aliphatic heterocycles. The lowest BCUT2D eigenvalue weighted by atomic mass is 10.2. The van der Waals surface area contributed by atoms with Crippen molar-refractivity contribution in [1.82, 2.24) is 10.2 Å². The molecule has 1 aliphatic rings. The molecule has 8 nitrogen and oxygen atoms in total. The van der Waals surface area contributed by atoms with E-state index in [1.165, 1.54) is 0 Å². The van der Waals surface area contributed by atoms with E-state index in [2.05, 4.69) is 15.5 Å². The number of nitrogens with zero attached hydrogens (tertiary/aromatic N) is 1. The molecule has 1 saturated heterocycles. The van der Waals surface area contributed by atoms with Crippen LogP contribution in [-0.2, 0) is 4.74 Å². The van der Waals surface area contributed by atoms with Gasteiger partial charge in [0.15, 0.2) is 11.5 Å². The first kappa shape index (κ1) is 22.1. The van der Waals surface area contributed by atoms with Crippen molar-refractivity contribution >= 4 is 11.7 Å². The number of morpholine rings is 1. The van der Waals surface area contributed by atoms with E-state index in [4.69, 9.17) is 18.9 Å². The number of amides is 2. The molecule has 0 unspecified atom stereocenters. The molecule has 8 heteroatoms. The molecule has 0 atom stereocenters. The Bertz CT molecular complexity index is 578. The van der Waals surface area contributed by atoms with Gasteiger partial charge in [-0.1, -0.05) is 0 Å². The van der Waals surface area contributed by atoms with Gasteiger partial charge >= 0.3 is 6.03 Å². The topological polar surface area (TPSA) is 81.3 Å². The van der Waals surface area contributed by atoms with Crippen molar-refractivity contribution < 1.29 is 23.7 Å². The van der Waals surface area contributed by atoms with E-state index in [0.29, 0.717) is 49.3 Å². The fraction of sp³-hybridized carbons (Fsp3) is 0.650. The van der Waals surface area contributed by atoms with Crippen molar-refractivity contribution in [3.05, 3.63) is 12.1 Å². The van der Waals surface area contributed by atoms with Crippen LogP contribution in [0.15, 0.2) is 12.1 Å². The van der Waals surface area contributed by atoms with Gasteiger partial charge in [0.1, 0.15) is 0 Å². The van der Waals surface area contributed by atoms with Gasteiger partial charge in [0.05, 0.1) is 38.7 Å². The third kappa shape index (κ3) is 7.09. The maximum atomic E-state index is 12.2. The molecule has 0 saturated carbocycles. The average Bonchev–Trinajstić information content (AvgIpc) is 2.69. The summed E-state index contributed by atoms with van der Waals surface area (Å²) in [6.07, 6.45) is 0.894. The van der Waals surface area contributed by atoms with E-state index in [1.54, 1.807) is 12.1 Å². The van der Waals surface area contributed by atoms with Crippen molar-refractivity contribution in [2.75, 3.05) is 64.5 Å². The molecular formula is C20H33N3O5. The second kappa shape index (κ2) is 12.3. The highest BCUT2D eigenvalue weighted by Crippen LogP contribution is 2.40. The third-order valence-electron chi connectivity index (χ3n) is 4.21. The van der Waals surface area contributed by atoms with E-state index in [0.717, 1.165) is 39.3 Å². The van der Waals surface area contributed by atoms with Crippen molar-refractivity contribution in [1.29, 1.82) is 0 Å². The van der Waals surface area contributed by atoms with Gasteiger partial charge in [-0.2, -0.15) is 0 Å². The fourth-order valence-electron chi connectivity index (χ4n) is 2.97. The molecule has 2 N–H and O–H groups in total. The summed E-state index contributed by atoms with van der Waals surface area (Å²) in [4.78, 5) is 14.6. The lowest BCUT2D eigenvalue weighted by Crippen LogP contribution is -2.38. The van der Waals surface area contributed by atoms with Crippen molar-refractivity contribution in [3.63, 3.8) is 0 Å². The van der Waals surface area contributed by atoms with Gasteiger partial charge < -0.3 is 29.6 Å². The summed E-state index contributed by atoms with van der Waals surface area (Å²) in [5.41, 5.74) is 0.598. The maximum absolute atomic E-state index is 12.2. The van der Waals surface area contributed by atoms with Crippen LogP contribution < -0.4 is 24.8 Å². The number of ether oxygens (including phenoxy) is 4. The summed E-state index contributed by atoms with van der Waals surface area (Å²) in [5, 5.41) is 5.74. The second-order valence-corrected chi connectivity index (χ2v) is 6.29. The van der Waals surface area contributed by atoms with Gasteiger partial charge in [0.2, 0.25) is 5.75 Å². The smallest absolute Gasteiger partial charge is 0.319 e. The standard InChI is InChI=1S/C20H33N3O5/c1-4-26-17-14-16(15-18(27-5-2)19(17)28-6-3)22-20(24)21-8-7-9-23-10-12-25-13-11-23/h14-15H,4-13H2,1-3H3,(H2,21,22,24). The largest absolute Gasteiger partial charge is 0.490 e. The molecule has 0 aromatic heterocycles. The third-order valence-corrected chi connectivity index (χ3v) is 4.21. The van der Waals surface area contributed by atoms with Gasteiger partial charge in [0.25, 0.3) is 0 Å². The highest BCUT2D eigenvalue weighted by atomic mass is 16.5. The lowest BCUT2D eigenvalue weighted by Gasteiger charge is -2.26. The van der Waals surface area contributed by atoms with E-state index >= 15 is 0 Å². The molecule has 1 aromatic carbocycles. The SMILES string of the molecule is CCOc1cc(NC(=O)NCCCN2CCOCC2)cc(OCC)c1OCC. The van der Waals surface area contributed by atoms with E-state index in [-0.39, 0.29) is 6.03 Å². The number of rotatable bonds is 11. The Morgan fingerprint density at radius 3 is 2.21 bits per heavy atom. The fourth-order valence-corrected chi connectivity index (χ4v) is 2.97. The first-order chi connectivity index (χ1) is 13.7. The average molecular weight is 396 g/mol. The minimum absolute atomic E-state index is 0.254. The maximum Gasteiger partial charge on any atom is 0.319 e. The number of hydrogen-bond acceptors (Lipinski definition) is 6. The molecule has 1 aromatic rings. The molecule has 2 amide bonds. The minimum Gasteiger partial charge on any atom is -0.490 e. The Morgan fingerprint density at radius 2 is 1.64 bits per heavy atom. The number of benzene rings is 1. The van der Waals surface area contributed by atoms with E-state index < -0.39 is 0 Å². The van der Waals surface area contributed by atoms with Crippen molar-refractivity contribution in [3.8, 4) is 17.2 Å². The van der Waals surface area contributed by atoms with Gasteiger partial charge in [-0.25, -0.2) is 4.79 Å². The molecule has 0 bridgehead atoms. The zero-order valence-corrected chi connectivity index (χ0v) is 17.2.